The maximum absolute atomic E-state index is 11.2. The number of carboxylic acid groups (broad SMARTS) is 1. The predicted molar refractivity (Wildman–Crippen MR) is 88.4 cm³/mol. The van der Waals surface area contributed by atoms with Crippen LogP contribution in [0.2, 0.25) is 0 Å². The molecular formula is C17H19BrN2O2. The summed E-state index contributed by atoms with van der Waals surface area (Å²) in [5, 5.41) is 13.7. The summed E-state index contributed by atoms with van der Waals surface area (Å²) in [4.78, 5) is 11.2. The smallest absolute Gasteiger partial charge is 0.309 e. The van der Waals surface area contributed by atoms with E-state index in [1.165, 1.54) is 18.5 Å². The number of nitrogens with zero attached hydrogens (tertiary/aromatic N) is 2. The molecule has 22 heavy (non-hydrogen) atoms. The standard InChI is InChI=1S/C17H19BrN2O2/c1-17(2,16(21)22)9-11-3-7-13(8-4-11)20-15(12-5-6-12)14(18)10-19-20/h3-4,7-8,10,12H,5-6,9H2,1-2H3,(H,21,22). The van der Waals surface area contributed by atoms with Gasteiger partial charge in [0.1, 0.15) is 0 Å². The molecule has 5 heteroatoms. The Morgan fingerprint density at radius 1 is 1.36 bits per heavy atom. The highest BCUT2D eigenvalue weighted by Gasteiger charge is 2.30. The second kappa shape index (κ2) is 5.54. The molecule has 0 bridgehead atoms. The van der Waals surface area contributed by atoms with Crippen molar-refractivity contribution in [2.75, 3.05) is 0 Å². The predicted octanol–water partition coefficient (Wildman–Crippen LogP) is 4.17. The molecule has 3 rings (SSSR count). The van der Waals surface area contributed by atoms with Crippen LogP contribution in [0, 0.1) is 5.41 Å². The van der Waals surface area contributed by atoms with E-state index in [0.29, 0.717) is 12.3 Å². The molecule has 1 aliphatic carbocycles. The van der Waals surface area contributed by atoms with Crippen LogP contribution in [-0.2, 0) is 11.2 Å². The molecule has 1 aromatic carbocycles. The van der Waals surface area contributed by atoms with Crippen molar-refractivity contribution in [3.05, 3.63) is 46.2 Å². The number of carboxylic acids is 1. The van der Waals surface area contributed by atoms with E-state index in [1.807, 2.05) is 35.1 Å². The van der Waals surface area contributed by atoms with E-state index in [4.69, 9.17) is 0 Å². The van der Waals surface area contributed by atoms with Gasteiger partial charge in [-0.05, 0) is 66.7 Å². The molecule has 1 aliphatic rings. The number of hydrogen-bond acceptors (Lipinski definition) is 2. The lowest BCUT2D eigenvalue weighted by atomic mass is 9.86. The first-order valence-corrected chi connectivity index (χ1v) is 8.24. The van der Waals surface area contributed by atoms with Gasteiger partial charge in [0.25, 0.3) is 0 Å². The van der Waals surface area contributed by atoms with Gasteiger partial charge in [0.05, 0.1) is 27.5 Å². The number of halogens is 1. The fourth-order valence-electron chi connectivity index (χ4n) is 2.61. The maximum Gasteiger partial charge on any atom is 0.309 e. The van der Waals surface area contributed by atoms with Crippen LogP contribution >= 0.6 is 15.9 Å². The molecule has 0 aliphatic heterocycles. The van der Waals surface area contributed by atoms with E-state index >= 15 is 0 Å². The number of aliphatic carboxylic acids is 1. The summed E-state index contributed by atoms with van der Waals surface area (Å²) in [5.41, 5.74) is 2.52. The fourth-order valence-corrected chi connectivity index (χ4v) is 3.19. The first kappa shape index (κ1) is 15.3. The van der Waals surface area contributed by atoms with Gasteiger partial charge < -0.3 is 5.11 Å². The molecule has 0 unspecified atom stereocenters. The average Bonchev–Trinajstić information content (AvgIpc) is 3.22. The van der Waals surface area contributed by atoms with Crippen LogP contribution in [0.3, 0.4) is 0 Å². The molecular weight excluding hydrogens is 344 g/mol. The topological polar surface area (TPSA) is 55.1 Å². The molecule has 1 fully saturated rings. The van der Waals surface area contributed by atoms with Crippen LogP contribution < -0.4 is 0 Å². The third kappa shape index (κ3) is 2.95. The molecule has 1 saturated carbocycles. The molecule has 1 heterocycles. The summed E-state index contributed by atoms with van der Waals surface area (Å²) in [7, 11) is 0. The van der Waals surface area contributed by atoms with Crippen molar-refractivity contribution in [1.82, 2.24) is 9.78 Å². The summed E-state index contributed by atoms with van der Waals surface area (Å²) >= 11 is 3.58. The maximum atomic E-state index is 11.2. The van der Waals surface area contributed by atoms with E-state index in [2.05, 4.69) is 21.0 Å². The molecule has 1 N–H and O–H groups in total. The Kier molecular flexibility index (Phi) is 3.85. The first-order valence-electron chi connectivity index (χ1n) is 7.44. The Morgan fingerprint density at radius 2 is 2.00 bits per heavy atom. The molecule has 0 spiro atoms. The third-order valence-electron chi connectivity index (χ3n) is 4.13. The lowest BCUT2D eigenvalue weighted by Gasteiger charge is -2.19. The number of hydrogen-bond donors (Lipinski definition) is 1. The van der Waals surface area contributed by atoms with Crippen LogP contribution in [0.15, 0.2) is 34.9 Å². The lowest BCUT2D eigenvalue weighted by molar-refractivity contribution is -0.146. The molecule has 0 saturated heterocycles. The molecule has 4 nitrogen and oxygen atoms in total. The number of carbonyl (C=O) groups is 1. The Hall–Kier alpha value is -1.62. The minimum atomic E-state index is -0.774. The van der Waals surface area contributed by atoms with Gasteiger partial charge in [-0.1, -0.05) is 12.1 Å². The van der Waals surface area contributed by atoms with Crippen molar-refractivity contribution in [3.8, 4) is 5.69 Å². The van der Waals surface area contributed by atoms with Gasteiger partial charge in [0, 0.05) is 5.92 Å². The summed E-state index contributed by atoms with van der Waals surface area (Å²) < 4.78 is 3.04. The Morgan fingerprint density at radius 3 is 2.55 bits per heavy atom. The van der Waals surface area contributed by atoms with Gasteiger partial charge in [-0.3, -0.25) is 4.79 Å². The number of rotatable bonds is 5. The lowest BCUT2D eigenvalue weighted by Crippen LogP contribution is -2.26. The Bertz CT molecular complexity index is 700. The third-order valence-corrected chi connectivity index (χ3v) is 4.74. The monoisotopic (exact) mass is 362 g/mol. The normalized spacial score (nSPS) is 15.0. The van der Waals surface area contributed by atoms with Crippen LogP contribution in [0.1, 0.15) is 43.9 Å². The van der Waals surface area contributed by atoms with E-state index in [9.17, 15) is 9.90 Å². The van der Waals surface area contributed by atoms with Gasteiger partial charge in [-0.2, -0.15) is 5.10 Å². The largest absolute Gasteiger partial charge is 0.481 e. The zero-order valence-corrected chi connectivity index (χ0v) is 14.3. The number of aromatic nitrogens is 2. The molecule has 2 aromatic rings. The quantitative estimate of drug-likeness (QED) is 0.868. The highest BCUT2D eigenvalue weighted by Crippen LogP contribution is 2.43. The minimum absolute atomic E-state index is 0.515. The van der Waals surface area contributed by atoms with Crippen LogP contribution in [0.4, 0.5) is 0 Å². The van der Waals surface area contributed by atoms with Crippen molar-refractivity contribution >= 4 is 21.9 Å². The van der Waals surface area contributed by atoms with Crippen molar-refractivity contribution in [2.24, 2.45) is 5.41 Å². The first-order chi connectivity index (χ1) is 10.4. The van der Waals surface area contributed by atoms with Gasteiger partial charge in [-0.15, -0.1) is 0 Å². The SMILES string of the molecule is CC(C)(Cc1ccc(-n2ncc(Br)c2C2CC2)cc1)C(=O)O. The van der Waals surface area contributed by atoms with Crippen molar-refractivity contribution in [2.45, 2.75) is 39.0 Å². The Labute approximate surface area is 138 Å². The van der Waals surface area contributed by atoms with Gasteiger partial charge >= 0.3 is 5.97 Å². The zero-order chi connectivity index (χ0) is 15.9. The Balaban J connectivity index is 1.85. The van der Waals surface area contributed by atoms with Crippen LogP contribution in [0.5, 0.6) is 0 Å². The van der Waals surface area contributed by atoms with Crippen LogP contribution in [-0.4, -0.2) is 20.9 Å². The van der Waals surface area contributed by atoms with Crippen molar-refractivity contribution in [1.29, 1.82) is 0 Å². The molecule has 116 valence electrons. The molecule has 0 radical (unpaired) electrons. The van der Waals surface area contributed by atoms with Gasteiger partial charge in [0.15, 0.2) is 0 Å². The second-order valence-electron chi connectivity index (χ2n) is 6.60. The summed E-state index contributed by atoms with van der Waals surface area (Å²) in [5.74, 6) is -0.175. The van der Waals surface area contributed by atoms with E-state index in [0.717, 1.165) is 15.7 Å². The van der Waals surface area contributed by atoms with Gasteiger partial charge in [-0.25, -0.2) is 4.68 Å². The molecule has 1 aromatic heterocycles. The molecule has 0 atom stereocenters. The molecule has 0 amide bonds. The highest BCUT2D eigenvalue weighted by molar-refractivity contribution is 9.10. The van der Waals surface area contributed by atoms with Crippen molar-refractivity contribution in [3.63, 3.8) is 0 Å². The fraction of sp³-hybridized carbons (Fsp3) is 0.412. The zero-order valence-electron chi connectivity index (χ0n) is 12.7. The van der Waals surface area contributed by atoms with E-state index in [1.54, 1.807) is 13.8 Å². The van der Waals surface area contributed by atoms with E-state index < -0.39 is 11.4 Å². The van der Waals surface area contributed by atoms with Gasteiger partial charge in [0.2, 0.25) is 0 Å². The average molecular weight is 363 g/mol. The van der Waals surface area contributed by atoms with E-state index in [-0.39, 0.29) is 0 Å². The summed E-state index contributed by atoms with van der Waals surface area (Å²) in [6, 6.07) is 8.01. The number of benzene rings is 1. The second-order valence-corrected chi connectivity index (χ2v) is 7.45. The highest BCUT2D eigenvalue weighted by atomic mass is 79.9. The summed E-state index contributed by atoms with van der Waals surface area (Å²) in [6.07, 6.45) is 4.79. The van der Waals surface area contributed by atoms with Crippen LogP contribution in [0.25, 0.3) is 5.69 Å². The van der Waals surface area contributed by atoms with Crippen molar-refractivity contribution < 1.29 is 9.90 Å². The summed E-state index contributed by atoms with van der Waals surface area (Å²) in [6.45, 7) is 3.50. The minimum Gasteiger partial charge on any atom is -0.481 e.